The van der Waals surface area contributed by atoms with Gasteiger partial charge in [-0.25, -0.2) is 9.18 Å². The Labute approximate surface area is 112 Å². The molecule has 0 fully saturated rings. The molecule has 1 aromatic rings. The fourth-order valence-corrected chi connectivity index (χ4v) is 2.16. The van der Waals surface area contributed by atoms with Crippen molar-refractivity contribution in [3.05, 3.63) is 29.1 Å². The van der Waals surface area contributed by atoms with Gasteiger partial charge in [0.1, 0.15) is 11.4 Å². The van der Waals surface area contributed by atoms with E-state index < -0.39 is 11.7 Å². The summed E-state index contributed by atoms with van der Waals surface area (Å²) in [5.41, 5.74) is 6.53. The third-order valence-electron chi connectivity index (χ3n) is 3.01. The lowest BCUT2D eigenvalue weighted by Gasteiger charge is -2.24. The zero-order chi connectivity index (χ0) is 14.2. The largest absolute Gasteiger partial charge is 0.443 e. The fraction of sp³-hybridized carbons (Fsp3) is 0.500. The molecule has 0 bridgehead atoms. The second kappa shape index (κ2) is 4.81. The monoisotopic (exact) mass is 266 g/mol. The van der Waals surface area contributed by atoms with Gasteiger partial charge in [0.05, 0.1) is 5.69 Å². The molecule has 2 rings (SSSR count). The molecular formula is C14H19FN2O2. The Kier molecular flexibility index (Phi) is 3.49. The lowest BCUT2D eigenvalue weighted by molar-refractivity contribution is 0.0584. The lowest BCUT2D eigenvalue weighted by atomic mass is 10.1. The number of nitrogens with two attached hydrogens (primary N) is 1. The molecule has 19 heavy (non-hydrogen) atoms. The first kappa shape index (κ1) is 13.8. The van der Waals surface area contributed by atoms with E-state index in [-0.39, 0.29) is 12.4 Å². The molecule has 104 valence electrons. The summed E-state index contributed by atoms with van der Waals surface area (Å²) in [4.78, 5) is 13.5. The van der Waals surface area contributed by atoms with E-state index >= 15 is 0 Å². The predicted molar refractivity (Wildman–Crippen MR) is 71.6 cm³/mol. The van der Waals surface area contributed by atoms with Crippen LogP contribution in [0.2, 0.25) is 0 Å². The second-order valence-corrected chi connectivity index (χ2v) is 5.62. The Morgan fingerprint density at radius 3 is 2.74 bits per heavy atom. The first-order valence-corrected chi connectivity index (χ1v) is 6.34. The van der Waals surface area contributed by atoms with Crippen molar-refractivity contribution in [2.24, 2.45) is 5.73 Å². The van der Waals surface area contributed by atoms with Crippen LogP contribution in [0.3, 0.4) is 0 Å². The summed E-state index contributed by atoms with van der Waals surface area (Å²) in [7, 11) is 0. The van der Waals surface area contributed by atoms with Gasteiger partial charge < -0.3 is 10.5 Å². The smallest absolute Gasteiger partial charge is 0.414 e. The van der Waals surface area contributed by atoms with E-state index in [1.807, 2.05) is 0 Å². The topological polar surface area (TPSA) is 55.6 Å². The van der Waals surface area contributed by atoms with Crippen molar-refractivity contribution in [2.75, 3.05) is 11.4 Å². The predicted octanol–water partition coefficient (Wildman–Crippen LogP) is 2.58. The Balaban J connectivity index is 2.28. The summed E-state index contributed by atoms with van der Waals surface area (Å²) in [6.45, 7) is 6.01. The van der Waals surface area contributed by atoms with Gasteiger partial charge in [-0.3, -0.25) is 4.90 Å². The Morgan fingerprint density at radius 2 is 2.16 bits per heavy atom. The molecule has 0 saturated carbocycles. The van der Waals surface area contributed by atoms with Crippen molar-refractivity contribution in [2.45, 2.75) is 39.3 Å². The quantitative estimate of drug-likeness (QED) is 0.850. The molecule has 1 aromatic carbocycles. The minimum absolute atomic E-state index is 0.158. The molecule has 1 aliphatic heterocycles. The van der Waals surface area contributed by atoms with Crippen molar-refractivity contribution in [3.8, 4) is 0 Å². The van der Waals surface area contributed by atoms with Gasteiger partial charge in [-0.2, -0.15) is 0 Å². The van der Waals surface area contributed by atoms with Crippen LogP contribution in [0, 0.1) is 5.82 Å². The number of hydrogen-bond acceptors (Lipinski definition) is 3. The molecule has 2 N–H and O–H groups in total. The Hall–Kier alpha value is -1.62. The highest BCUT2D eigenvalue weighted by atomic mass is 19.1. The van der Waals surface area contributed by atoms with Crippen molar-refractivity contribution in [1.82, 2.24) is 0 Å². The van der Waals surface area contributed by atoms with Crippen LogP contribution >= 0.6 is 0 Å². The normalized spacial score (nSPS) is 14.5. The summed E-state index contributed by atoms with van der Waals surface area (Å²) in [6, 6.07) is 3.36. The van der Waals surface area contributed by atoms with Crippen LogP contribution in [0.1, 0.15) is 31.9 Å². The zero-order valence-corrected chi connectivity index (χ0v) is 11.5. The summed E-state index contributed by atoms with van der Waals surface area (Å²) in [5.74, 6) is -0.300. The van der Waals surface area contributed by atoms with Gasteiger partial charge in [-0.05, 0) is 33.3 Å². The molecule has 0 atom stereocenters. The van der Waals surface area contributed by atoms with Crippen LogP contribution in [-0.2, 0) is 17.7 Å². The van der Waals surface area contributed by atoms with Crippen LogP contribution < -0.4 is 10.6 Å². The summed E-state index contributed by atoms with van der Waals surface area (Å²) in [5, 5.41) is 0. The maximum atomic E-state index is 14.1. The third kappa shape index (κ3) is 2.71. The van der Waals surface area contributed by atoms with E-state index in [9.17, 15) is 9.18 Å². The van der Waals surface area contributed by atoms with E-state index in [1.165, 1.54) is 4.90 Å². The SMILES string of the molecule is CC(C)(C)OC(=O)N1CCc2c1ccc(CN)c2F. The molecule has 0 radical (unpaired) electrons. The highest BCUT2D eigenvalue weighted by Gasteiger charge is 2.31. The van der Waals surface area contributed by atoms with Gasteiger partial charge >= 0.3 is 6.09 Å². The van der Waals surface area contributed by atoms with Gasteiger partial charge in [-0.1, -0.05) is 6.07 Å². The molecule has 0 aliphatic carbocycles. The Bertz CT molecular complexity index is 509. The molecule has 0 saturated heterocycles. The molecule has 0 unspecified atom stereocenters. The maximum Gasteiger partial charge on any atom is 0.414 e. The van der Waals surface area contributed by atoms with Gasteiger partial charge in [0, 0.05) is 24.2 Å². The molecular weight excluding hydrogens is 247 g/mol. The first-order valence-electron chi connectivity index (χ1n) is 6.34. The van der Waals surface area contributed by atoms with Gasteiger partial charge in [0.15, 0.2) is 0 Å². The first-order chi connectivity index (χ1) is 8.83. The van der Waals surface area contributed by atoms with Crippen LogP contribution in [0.5, 0.6) is 0 Å². The number of fused-ring (bicyclic) bond motifs is 1. The van der Waals surface area contributed by atoms with Crippen molar-refractivity contribution in [1.29, 1.82) is 0 Å². The number of carbonyl (C=O) groups excluding carboxylic acids is 1. The summed E-state index contributed by atoms with van der Waals surface area (Å²) < 4.78 is 19.4. The maximum absolute atomic E-state index is 14.1. The van der Waals surface area contributed by atoms with Crippen LogP contribution in [0.4, 0.5) is 14.9 Å². The van der Waals surface area contributed by atoms with Crippen molar-refractivity contribution < 1.29 is 13.9 Å². The third-order valence-corrected chi connectivity index (χ3v) is 3.01. The number of benzene rings is 1. The zero-order valence-electron chi connectivity index (χ0n) is 11.5. The minimum atomic E-state index is -0.560. The molecule has 1 aliphatic rings. The van der Waals surface area contributed by atoms with Crippen molar-refractivity contribution in [3.63, 3.8) is 0 Å². The van der Waals surface area contributed by atoms with Gasteiger partial charge in [0.25, 0.3) is 0 Å². The molecule has 1 heterocycles. The molecule has 5 heteroatoms. The molecule has 4 nitrogen and oxygen atoms in total. The van der Waals surface area contributed by atoms with Crippen LogP contribution in [0.15, 0.2) is 12.1 Å². The average molecular weight is 266 g/mol. The number of anilines is 1. The number of ether oxygens (including phenoxy) is 1. The average Bonchev–Trinajstić information content (AvgIpc) is 2.72. The summed E-state index contributed by atoms with van der Waals surface area (Å²) in [6.07, 6.45) is 0.0555. The lowest BCUT2D eigenvalue weighted by Crippen LogP contribution is -2.35. The van der Waals surface area contributed by atoms with Gasteiger partial charge in [0.2, 0.25) is 0 Å². The van der Waals surface area contributed by atoms with E-state index in [4.69, 9.17) is 10.5 Å². The van der Waals surface area contributed by atoms with Crippen LogP contribution in [-0.4, -0.2) is 18.2 Å². The van der Waals surface area contributed by atoms with E-state index in [2.05, 4.69) is 0 Å². The molecule has 0 spiro atoms. The summed E-state index contributed by atoms with van der Waals surface area (Å²) >= 11 is 0. The number of rotatable bonds is 1. The highest BCUT2D eigenvalue weighted by Crippen LogP contribution is 2.32. The fourth-order valence-electron chi connectivity index (χ4n) is 2.16. The number of nitrogens with zero attached hydrogens (tertiary/aromatic N) is 1. The molecule has 1 amide bonds. The van der Waals surface area contributed by atoms with E-state index in [1.54, 1.807) is 32.9 Å². The number of amides is 1. The molecule has 0 aromatic heterocycles. The second-order valence-electron chi connectivity index (χ2n) is 5.62. The van der Waals surface area contributed by atoms with Crippen LogP contribution in [0.25, 0.3) is 0 Å². The van der Waals surface area contributed by atoms with Gasteiger partial charge in [-0.15, -0.1) is 0 Å². The highest BCUT2D eigenvalue weighted by molar-refractivity contribution is 5.90. The van der Waals surface area contributed by atoms with E-state index in [0.29, 0.717) is 29.8 Å². The minimum Gasteiger partial charge on any atom is -0.443 e. The standard InChI is InChI=1S/C14H19FN2O2/c1-14(2,3)19-13(18)17-7-6-10-11(17)5-4-9(8-16)12(10)15/h4-5H,6-8,16H2,1-3H3. The Morgan fingerprint density at radius 1 is 1.47 bits per heavy atom. The number of hydrogen-bond donors (Lipinski definition) is 1. The van der Waals surface area contributed by atoms with Crippen molar-refractivity contribution >= 4 is 11.8 Å². The number of halogens is 1. The van der Waals surface area contributed by atoms with E-state index in [0.717, 1.165) is 0 Å². The number of carbonyl (C=O) groups is 1.